The van der Waals surface area contributed by atoms with Crippen molar-refractivity contribution in [1.29, 1.82) is 0 Å². The standard InChI is InChI=1S/C18H18N4OS/c1-11-17(24-12(2)20-11)18(23)21-14-7-5-13(6-8-14)15-10-19-16-4-3-9-22(15)16/h5-8,10H,3-4,9H2,1-2H3,(H,21,23). The molecular weight excluding hydrogens is 320 g/mol. The Hall–Kier alpha value is -2.47. The molecule has 24 heavy (non-hydrogen) atoms. The predicted octanol–water partition coefficient (Wildman–Crippen LogP) is 3.82. The number of amides is 1. The summed E-state index contributed by atoms with van der Waals surface area (Å²) < 4.78 is 2.27. The number of aryl methyl sites for hydroxylation is 3. The van der Waals surface area contributed by atoms with Gasteiger partial charge in [0.2, 0.25) is 0 Å². The minimum atomic E-state index is -0.101. The van der Waals surface area contributed by atoms with Crippen LogP contribution in [0.5, 0.6) is 0 Å². The van der Waals surface area contributed by atoms with Gasteiger partial charge < -0.3 is 9.88 Å². The average Bonchev–Trinajstić information content (AvgIpc) is 3.23. The van der Waals surface area contributed by atoms with Crippen LogP contribution < -0.4 is 5.32 Å². The molecule has 1 aliphatic heterocycles. The number of carbonyl (C=O) groups excluding carboxylic acids is 1. The second-order valence-electron chi connectivity index (χ2n) is 5.99. The lowest BCUT2D eigenvalue weighted by Gasteiger charge is -2.07. The fraction of sp³-hybridized carbons (Fsp3) is 0.278. The van der Waals surface area contributed by atoms with Gasteiger partial charge in [0.25, 0.3) is 5.91 Å². The summed E-state index contributed by atoms with van der Waals surface area (Å²) in [7, 11) is 0. The van der Waals surface area contributed by atoms with Gasteiger partial charge in [-0.05, 0) is 38.0 Å². The summed E-state index contributed by atoms with van der Waals surface area (Å²) in [6, 6.07) is 7.93. The van der Waals surface area contributed by atoms with Gasteiger partial charge in [0.15, 0.2) is 0 Å². The summed E-state index contributed by atoms with van der Waals surface area (Å²) in [6.07, 6.45) is 4.16. The molecule has 0 spiro atoms. The third-order valence-electron chi connectivity index (χ3n) is 4.27. The van der Waals surface area contributed by atoms with Gasteiger partial charge in [-0.1, -0.05) is 12.1 Å². The molecule has 122 valence electrons. The van der Waals surface area contributed by atoms with Crippen LogP contribution in [0.3, 0.4) is 0 Å². The lowest BCUT2D eigenvalue weighted by atomic mass is 10.1. The van der Waals surface area contributed by atoms with E-state index in [1.807, 2.05) is 44.3 Å². The van der Waals surface area contributed by atoms with E-state index in [1.54, 1.807) is 0 Å². The maximum absolute atomic E-state index is 12.4. The number of rotatable bonds is 3. The molecule has 3 aromatic rings. The van der Waals surface area contributed by atoms with Crippen LogP contribution in [0, 0.1) is 13.8 Å². The van der Waals surface area contributed by atoms with Crippen molar-refractivity contribution in [1.82, 2.24) is 14.5 Å². The molecule has 1 N–H and O–H groups in total. The van der Waals surface area contributed by atoms with Crippen molar-refractivity contribution < 1.29 is 4.79 Å². The molecule has 4 rings (SSSR count). The summed E-state index contributed by atoms with van der Waals surface area (Å²) in [5.41, 5.74) is 3.84. The molecule has 1 aromatic carbocycles. The SMILES string of the molecule is Cc1nc(C)c(C(=O)Nc2ccc(-c3cnc4n3CCC4)cc2)s1. The van der Waals surface area contributed by atoms with Crippen LogP contribution in [0.1, 0.15) is 32.6 Å². The maximum atomic E-state index is 12.4. The van der Waals surface area contributed by atoms with Crippen molar-refractivity contribution >= 4 is 22.9 Å². The molecule has 2 aromatic heterocycles. The van der Waals surface area contributed by atoms with E-state index in [0.717, 1.165) is 47.0 Å². The normalized spacial score (nSPS) is 13.1. The molecule has 0 radical (unpaired) electrons. The first-order chi connectivity index (χ1) is 11.6. The van der Waals surface area contributed by atoms with Gasteiger partial charge in [-0.2, -0.15) is 0 Å². The van der Waals surface area contributed by atoms with Crippen molar-refractivity contribution in [2.75, 3.05) is 5.32 Å². The van der Waals surface area contributed by atoms with E-state index in [9.17, 15) is 4.79 Å². The largest absolute Gasteiger partial charge is 0.328 e. The molecule has 0 atom stereocenters. The van der Waals surface area contributed by atoms with Crippen LogP contribution in [0.15, 0.2) is 30.5 Å². The number of fused-ring (bicyclic) bond motifs is 1. The van der Waals surface area contributed by atoms with Gasteiger partial charge in [0.05, 0.1) is 22.6 Å². The Morgan fingerprint density at radius 1 is 1.25 bits per heavy atom. The summed E-state index contributed by atoms with van der Waals surface area (Å²) >= 11 is 1.42. The number of nitrogens with one attached hydrogen (secondary N) is 1. The van der Waals surface area contributed by atoms with Crippen molar-refractivity contribution in [3.63, 3.8) is 0 Å². The van der Waals surface area contributed by atoms with E-state index in [1.165, 1.54) is 17.2 Å². The molecule has 0 bridgehead atoms. The zero-order valence-electron chi connectivity index (χ0n) is 13.7. The van der Waals surface area contributed by atoms with Gasteiger partial charge in [0, 0.05) is 18.7 Å². The monoisotopic (exact) mass is 338 g/mol. The molecule has 0 saturated heterocycles. The molecule has 1 amide bonds. The van der Waals surface area contributed by atoms with Crippen molar-refractivity contribution in [3.8, 4) is 11.3 Å². The number of anilines is 1. The molecule has 6 heteroatoms. The molecule has 0 unspecified atom stereocenters. The highest BCUT2D eigenvalue weighted by atomic mass is 32.1. The van der Waals surface area contributed by atoms with E-state index < -0.39 is 0 Å². The van der Waals surface area contributed by atoms with E-state index >= 15 is 0 Å². The first kappa shape index (κ1) is 15.1. The second kappa shape index (κ2) is 5.87. The fourth-order valence-corrected chi connectivity index (χ4v) is 3.96. The molecular formula is C18H18N4OS. The number of hydrogen-bond acceptors (Lipinski definition) is 4. The van der Waals surface area contributed by atoms with Gasteiger partial charge in [0.1, 0.15) is 10.7 Å². The van der Waals surface area contributed by atoms with Gasteiger partial charge in [-0.25, -0.2) is 9.97 Å². The van der Waals surface area contributed by atoms with E-state index in [4.69, 9.17) is 0 Å². The van der Waals surface area contributed by atoms with E-state index in [0.29, 0.717) is 4.88 Å². The first-order valence-corrected chi connectivity index (χ1v) is 8.83. The number of carbonyl (C=O) groups is 1. The Labute approximate surface area is 144 Å². The second-order valence-corrected chi connectivity index (χ2v) is 7.20. The van der Waals surface area contributed by atoms with Crippen LogP contribution >= 0.6 is 11.3 Å². The number of imidazole rings is 1. The fourth-order valence-electron chi connectivity index (χ4n) is 3.14. The van der Waals surface area contributed by atoms with Crippen LogP contribution in [-0.2, 0) is 13.0 Å². The zero-order chi connectivity index (χ0) is 16.7. The van der Waals surface area contributed by atoms with E-state index in [2.05, 4.69) is 19.9 Å². The summed E-state index contributed by atoms with van der Waals surface area (Å²) in [5, 5.41) is 3.85. The summed E-state index contributed by atoms with van der Waals surface area (Å²) in [6.45, 7) is 4.81. The summed E-state index contributed by atoms with van der Waals surface area (Å²) in [4.78, 5) is 21.8. The molecule has 5 nitrogen and oxygen atoms in total. The number of nitrogens with zero attached hydrogens (tertiary/aromatic N) is 3. The number of benzene rings is 1. The number of aromatic nitrogens is 3. The Balaban J connectivity index is 1.54. The third kappa shape index (κ3) is 2.63. The van der Waals surface area contributed by atoms with Gasteiger partial charge in [-0.15, -0.1) is 11.3 Å². The molecule has 0 aliphatic carbocycles. The summed E-state index contributed by atoms with van der Waals surface area (Å²) in [5.74, 6) is 1.06. The van der Waals surface area contributed by atoms with Crippen LogP contribution in [-0.4, -0.2) is 20.4 Å². The van der Waals surface area contributed by atoms with Crippen LogP contribution in [0.4, 0.5) is 5.69 Å². The first-order valence-electron chi connectivity index (χ1n) is 8.02. The Kier molecular flexibility index (Phi) is 3.69. The van der Waals surface area contributed by atoms with Gasteiger partial charge in [-0.3, -0.25) is 4.79 Å². The smallest absolute Gasteiger partial charge is 0.267 e. The Bertz CT molecular complexity index is 908. The number of thiazole rings is 1. The quantitative estimate of drug-likeness (QED) is 0.790. The third-order valence-corrected chi connectivity index (χ3v) is 5.34. The Morgan fingerprint density at radius 2 is 2.04 bits per heavy atom. The predicted molar refractivity (Wildman–Crippen MR) is 95.5 cm³/mol. The highest BCUT2D eigenvalue weighted by Crippen LogP contribution is 2.27. The molecule has 1 aliphatic rings. The zero-order valence-corrected chi connectivity index (χ0v) is 14.5. The van der Waals surface area contributed by atoms with E-state index in [-0.39, 0.29) is 5.91 Å². The van der Waals surface area contributed by atoms with Crippen LogP contribution in [0.2, 0.25) is 0 Å². The number of hydrogen-bond donors (Lipinski definition) is 1. The van der Waals surface area contributed by atoms with Crippen molar-refractivity contribution in [2.45, 2.75) is 33.2 Å². The van der Waals surface area contributed by atoms with Crippen molar-refractivity contribution in [2.24, 2.45) is 0 Å². The lowest BCUT2D eigenvalue weighted by molar-refractivity contribution is 0.103. The molecule has 0 fully saturated rings. The van der Waals surface area contributed by atoms with Gasteiger partial charge >= 0.3 is 0 Å². The minimum Gasteiger partial charge on any atom is -0.328 e. The average molecular weight is 338 g/mol. The molecule has 3 heterocycles. The highest BCUT2D eigenvalue weighted by Gasteiger charge is 2.17. The Morgan fingerprint density at radius 3 is 2.75 bits per heavy atom. The lowest BCUT2D eigenvalue weighted by Crippen LogP contribution is -2.11. The topological polar surface area (TPSA) is 59.8 Å². The maximum Gasteiger partial charge on any atom is 0.267 e. The molecule has 0 saturated carbocycles. The van der Waals surface area contributed by atoms with Crippen molar-refractivity contribution in [3.05, 3.63) is 51.9 Å². The van der Waals surface area contributed by atoms with Crippen LogP contribution in [0.25, 0.3) is 11.3 Å². The minimum absolute atomic E-state index is 0.101. The highest BCUT2D eigenvalue weighted by molar-refractivity contribution is 7.13.